The minimum absolute atomic E-state index is 0.0359. The molecule has 8 unspecified atom stereocenters. The summed E-state index contributed by atoms with van der Waals surface area (Å²) in [6, 6.07) is 74.0. The summed E-state index contributed by atoms with van der Waals surface area (Å²) in [7, 11) is 0. The Kier molecular flexibility index (Phi) is 26.0. The Hall–Kier alpha value is -6.10. The molecular formula is C76H90O6S2. The van der Waals surface area contributed by atoms with Gasteiger partial charge in [0.15, 0.2) is 0 Å². The normalized spacial score (nSPS) is 14.4. The van der Waals surface area contributed by atoms with Crippen LogP contribution in [0.2, 0.25) is 0 Å². The lowest BCUT2D eigenvalue weighted by Gasteiger charge is -2.28. The zero-order valence-electron chi connectivity index (χ0n) is 50.5. The first kappa shape index (κ1) is 63.9. The predicted octanol–water partition coefficient (Wildman–Crippen LogP) is 17.8. The third-order valence-corrected chi connectivity index (χ3v) is 19.0. The molecule has 0 radical (unpaired) electrons. The molecule has 0 amide bonds. The van der Waals surface area contributed by atoms with Crippen molar-refractivity contribution in [3.8, 4) is 11.5 Å². The van der Waals surface area contributed by atoms with Crippen LogP contribution in [0.3, 0.4) is 0 Å². The van der Waals surface area contributed by atoms with E-state index >= 15 is 0 Å². The van der Waals surface area contributed by atoms with Gasteiger partial charge in [0, 0.05) is 69.3 Å². The Morgan fingerprint density at radius 3 is 0.821 bits per heavy atom. The molecule has 0 saturated heterocycles. The van der Waals surface area contributed by atoms with Crippen LogP contribution in [-0.4, -0.2) is 85.1 Å². The smallest absolute Gasteiger partial charge is 0.127 e. The fourth-order valence-electron chi connectivity index (χ4n) is 11.3. The molecule has 8 atom stereocenters. The van der Waals surface area contributed by atoms with Gasteiger partial charge in [-0.15, -0.1) is 0 Å². The quantitative estimate of drug-likeness (QED) is 0.0381. The molecule has 0 aliphatic heterocycles. The Morgan fingerprint density at radius 2 is 0.571 bits per heavy atom. The Balaban J connectivity index is 0.882. The highest BCUT2D eigenvalue weighted by Crippen LogP contribution is 2.45. The molecule has 0 bridgehead atoms. The Morgan fingerprint density at radius 1 is 0.321 bits per heavy atom. The second kappa shape index (κ2) is 34.1. The van der Waals surface area contributed by atoms with Gasteiger partial charge in [-0.1, -0.05) is 261 Å². The first-order valence-electron chi connectivity index (χ1n) is 30.7. The number of aliphatic hydroxyl groups is 2. The van der Waals surface area contributed by atoms with Gasteiger partial charge < -0.3 is 29.2 Å². The molecule has 2 N–H and O–H groups in total. The van der Waals surface area contributed by atoms with Crippen molar-refractivity contribution >= 4 is 23.5 Å². The molecule has 0 saturated carbocycles. The van der Waals surface area contributed by atoms with Gasteiger partial charge in [0.2, 0.25) is 0 Å². The van der Waals surface area contributed by atoms with E-state index in [4.69, 9.17) is 18.9 Å². The van der Waals surface area contributed by atoms with Crippen LogP contribution in [-0.2, 0) is 9.47 Å². The number of rotatable bonds is 35. The van der Waals surface area contributed by atoms with Crippen LogP contribution >= 0.6 is 23.5 Å². The maximum absolute atomic E-state index is 9.92. The van der Waals surface area contributed by atoms with Gasteiger partial charge in [0.25, 0.3) is 0 Å². The van der Waals surface area contributed by atoms with Crippen LogP contribution in [0, 0.1) is 0 Å². The van der Waals surface area contributed by atoms with Crippen molar-refractivity contribution in [3.05, 3.63) is 273 Å². The van der Waals surface area contributed by atoms with E-state index in [9.17, 15) is 10.2 Å². The summed E-state index contributed by atoms with van der Waals surface area (Å²) in [6.45, 7) is 15.0. The monoisotopic (exact) mass is 1160 g/mol. The van der Waals surface area contributed by atoms with E-state index in [1.165, 1.54) is 66.8 Å². The Labute approximate surface area is 511 Å². The van der Waals surface area contributed by atoms with Gasteiger partial charge in [-0.05, 0) is 68.9 Å². The van der Waals surface area contributed by atoms with Crippen LogP contribution in [0.25, 0.3) is 0 Å². The SMILES string of the molecule is CC(c1ccccc1)c1cc(C(C)c2ccccc2)c(OCC(CSCCCCCCSCC(COc2c(C(C)c3ccccc3)cc(C(C)c3ccccc3)cc2C(C)c2ccccc2)OCCO)OCCO)c(C(C)c2ccccc2)c1. The van der Waals surface area contributed by atoms with Gasteiger partial charge in [-0.3, -0.25) is 0 Å². The van der Waals surface area contributed by atoms with Gasteiger partial charge in [-0.2, -0.15) is 23.5 Å². The summed E-state index contributed by atoms with van der Waals surface area (Å²) in [5.41, 5.74) is 14.8. The summed E-state index contributed by atoms with van der Waals surface area (Å²) in [5, 5.41) is 19.8. The molecule has 8 aromatic rings. The number of aliphatic hydroxyl groups excluding tert-OH is 2. The standard InChI is InChI=1S/C76H90O6S2/c1-55(61-29-15-9-16-30-61)67-47-71(57(3)63-33-19-11-20-34-63)75(72(48-67)58(4)64-35-21-12-22-36-64)81-51-69(79-43-41-77)53-83-45-27-7-8-28-46-84-54-70(80-44-42-78)52-82-76-73(59(5)65-37-23-13-24-38-65)49-68(56(2)62-31-17-10-18-32-62)50-74(76)60(6)66-39-25-14-26-40-66/h9-26,29-40,47-50,55-60,69-70,77-78H,7-8,27-28,41-46,51-54H2,1-6H3. The van der Waals surface area contributed by atoms with Crippen molar-refractivity contribution in [2.75, 3.05) is 62.7 Å². The molecule has 6 nitrogen and oxygen atoms in total. The fraction of sp³-hybridized carbons (Fsp3) is 0.368. The fourth-order valence-corrected chi connectivity index (χ4v) is 13.4. The first-order valence-corrected chi connectivity index (χ1v) is 33.0. The topological polar surface area (TPSA) is 77.4 Å². The van der Waals surface area contributed by atoms with E-state index < -0.39 is 0 Å². The van der Waals surface area contributed by atoms with E-state index in [1.54, 1.807) is 0 Å². The maximum atomic E-state index is 9.92. The summed E-state index contributed by atoms with van der Waals surface area (Å²) in [6.07, 6.45) is 4.16. The number of hydrogen-bond acceptors (Lipinski definition) is 8. The lowest BCUT2D eigenvalue weighted by molar-refractivity contribution is 0.0155. The van der Waals surface area contributed by atoms with E-state index in [0.29, 0.717) is 13.2 Å². The minimum atomic E-state index is -0.188. The Bertz CT molecular complexity index is 2760. The minimum Gasteiger partial charge on any atom is -0.490 e. The van der Waals surface area contributed by atoms with Crippen molar-refractivity contribution in [2.24, 2.45) is 0 Å². The van der Waals surface area contributed by atoms with Crippen LogP contribution < -0.4 is 9.47 Å². The second-order valence-corrected chi connectivity index (χ2v) is 24.8. The highest BCUT2D eigenvalue weighted by Gasteiger charge is 2.28. The molecule has 0 heterocycles. The largest absolute Gasteiger partial charge is 0.490 e. The average molecular weight is 1160 g/mol. The number of hydrogen-bond donors (Lipinski definition) is 2. The number of thioether (sulfide) groups is 2. The third-order valence-electron chi connectivity index (χ3n) is 16.7. The molecule has 0 aliphatic carbocycles. The van der Waals surface area contributed by atoms with Crippen molar-refractivity contribution < 1.29 is 29.2 Å². The summed E-state index contributed by atoms with van der Waals surface area (Å²) >= 11 is 3.82. The van der Waals surface area contributed by atoms with E-state index in [2.05, 4.69) is 248 Å². The van der Waals surface area contributed by atoms with E-state index in [-0.39, 0.29) is 74.1 Å². The molecule has 442 valence electrons. The van der Waals surface area contributed by atoms with Gasteiger partial charge in [0.05, 0.1) is 26.4 Å². The highest BCUT2D eigenvalue weighted by atomic mass is 32.2. The second-order valence-electron chi connectivity index (χ2n) is 22.5. The summed E-state index contributed by atoms with van der Waals surface area (Å²) in [4.78, 5) is 0. The zero-order chi connectivity index (χ0) is 58.9. The average Bonchev–Trinajstić information content (AvgIpc) is 3.49. The molecule has 0 aromatic heterocycles. The molecule has 8 aromatic carbocycles. The van der Waals surface area contributed by atoms with Crippen molar-refractivity contribution in [1.29, 1.82) is 0 Å². The van der Waals surface area contributed by atoms with Gasteiger partial charge in [0.1, 0.15) is 36.9 Å². The van der Waals surface area contributed by atoms with E-state index in [0.717, 1.165) is 60.2 Å². The van der Waals surface area contributed by atoms with Crippen LogP contribution in [0.15, 0.2) is 206 Å². The number of unbranched alkanes of at least 4 members (excludes halogenated alkanes) is 3. The van der Waals surface area contributed by atoms with E-state index in [1.807, 2.05) is 23.5 Å². The number of ether oxygens (including phenoxy) is 4. The lowest BCUT2D eigenvalue weighted by atomic mass is 9.81. The van der Waals surface area contributed by atoms with Gasteiger partial charge >= 0.3 is 0 Å². The summed E-state index contributed by atoms with van der Waals surface area (Å²) < 4.78 is 26.9. The number of benzene rings is 8. The van der Waals surface area contributed by atoms with Crippen molar-refractivity contribution in [2.45, 2.75) is 115 Å². The van der Waals surface area contributed by atoms with Crippen molar-refractivity contribution in [3.63, 3.8) is 0 Å². The zero-order valence-corrected chi connectivity index (χ0v) is 52.1. The van der Waals surface area contributed by atoms with Crippen LogP contribution in [0.5, 0.6) is 11.5 Å². The molecule has 8 heteroatoms. The molecule has 8 rings (SSSR count). The maximum Gasteiger partial charge on any atom is 0.127 e. The van der Waals surface area contributed by atoms with Crippen molar-refractivity contribution in [1.82, 2.24) is 0 Å². The summed E-state index contributed by atoms with van der Waals surface area (Å²) in [5.74, 6) is 6.17. The highest BCUT2D eigenvalue weighted by molar-refractivity contribution is 7.99. The molecule has 0 spiro atoms. The molecular weight excluding hydrogens is 1070 g/mol. The third kappa shape index (κ3) is 18.2. The van der Waals surface area contributed by atoms with Crippen LogP contribution in [0.4, 0.5) is 0 Å². The molecule has 0 aliphatic rings. The molecule has 84 heavy (non-hydrogen) atoms. The molecule has 0 fully saturated rings. The lowest BCUT2D eigenvalue weighted by Crippen LogP contribution is -2.27. The predicted molar refractivity (Wildman–Crippen MR) is 354 cm³/mol. The van der Waals surface area contributed by atoms with Crippen LogP contribution in [0.1, 0.15) is 169 Å². The van der Waals surface area contributed by atoms with Gasteiger partial charge in [-0.25, -0.2) is 0 Å². The first-order chi connectivity index (χ1) is 41.1.